The SMILES string of the molecule is O=C(NC1CC1)[C@H]1CC(=O)N(c2ccccc2Cl)C1. The maximum absolute atomic E-state index is 12.0. The molecular weight excluding hydrogens is 264 g/mol. The second-order valence-corrected chi connectivity index (χ2v) is 5.55. The fourth-order valence-electron chi connectivity index (χ4n) is 2.33. The van der Waals surface area contributed by atoms with Gasteiger partial charge in [0.1, 0.15) is 0 Å². The minimum absolute atomic E-state index is 0.00889. The Balaban J connectivity index is 1.72. The van der Waals surface area contributed by atoms with Gasteiger partial charge in [-0.2, -0.15) is 0 Å². The molecule has 1 aliphatic carbocycles. The van der Waals surface area contributed by atoms with Gasteiger partial charge in [0, 0.05) is 19.0 Å². The van der Waals surface area contributed by atoms with E-state index in [1.807, 2.05) is 12.1 Å². The van der Waals surface area contributed by atoms with Gasteiger partial charge in [-0.25, -0.2) is 0 Å². The largest absolute Gasteiger partial charge is 0.353 e. The molecule has 1 aromatic rings. The molecule has 1 aromatic carbocycles. The molecule has 4 nitrogen and oxygen atoms in total. The number of hydrogen-bond acceptors (Lipinski definition) is 2. The van der Waals surface area contributed by atoms with Crippen molar-refractivity contribution in [1.29, 1.82) is 0 Å². The maximum Gasteiger partial charge on any atom is 0.227 e. The summed E-state index contributed by atoms with van der Waals surface area (Å²) in [5.74, 6) is -0.307. The molecule has 1 atom stereocenters. The molecule has 0 bridgehead atoms. The second kappa shape index (κ2) is 4.85. The first-order valence-corrected chi connectivity index (χ1v) is 6.88. The molecule has 100 valence electrons. The van der Waals surface area contributed by atoms with Crippen LogP contribution in [0.2, 0.25) is 5.02 Å². The third-order valence-corrected chi connectivity index (χ3v) is 3.88. The van der Waals surface area contributed by atoms with Crippen LogP contribution >= 0.6 is 11.6 Å². The lowest BCUT2D eigenvalue weighted by Gasteiger charge is -2.18. The minimum atomic E-state index is -0.260. The van der Waals surface area contributed by atoms with Gasteiger partial charge in [-0.15, -0.1) is 0 Å². The Morgan fingerprint density at radius 3 is 2.74 bits per heavy atom. The van der Waals surface area contributed by atoms with Crippen molar-refractivity contribution in [2.75, 3.05) is 11.4 Å². The van der Waals surface area contributed by atoms with E-state index in [9.17, 15) is 9.59 Å². The predicted octanol–water partition coefficient (Wildman–Crippen LogP) is 1.97. The molecule has 19 heavy (non-hydrogen) atoms. The van der Waals surface area contributed by atoms with Crippen molar-refractivity contribution in [3.63, 3.8) is 0 Å². The number of rotatable bonds is 3. The van der Waals surface area contributed by atoms with Crippen LogP contribution in [0.15, 0.2) is 24.3 Å². The Morgan fingerprint density at radius 2 is 2.05 bits per heavy atom. The van der Waals surface area contributed by atoms with Crippen LogP contribution in [0.4, 0.5) is 5.69 Å². The van der Waals surface area contributed by atoms with Crippen molar-refractivity contribution >= 4 is 29.1 Å². The summed E-state index contributed by atoms with van der Waals surface area (Å²) < 4.78 is 0. The Bertz CT molecular complexity index is 528. The predicted molar refractivity (Wildman–Crippen MR) is 73.1 cm³/mol. The fraction of sp³-hybridized carbons (Fsp3) is 0.429. The Morgan fingerprint density at radius 1 is 1.32 bits per heavy atom. The van der Waals surface area contributed by atoms with E-state index in [2.05, 4.69) is 5.32 Å². The first kappa shape index (κ1) is 12.5. The molecule has 2 amide bonds. The number of amides is 2. The lowest BCUT2D eigenvalue weighted by molar-refractivity contribution is -0.126. The zero-order chi connectivity index (χ0) is 13.4. The van der Waals surface area contributed by atoms with Crippen molar-refractivity contribution in [1.82, 2.24) is 5.32 Å². The standard InChI is InChI=1S/C14H15ClN2O2/c15-11-3-1-2-4-12(11)17-8-9(7-13(17)18)14(19)16-10-5-6-10/h1-4,9-10H,5-8H2,(H,16,19)/t9-/m0/s1. The zero-order valence-corrected chi connectivity index (χ0v) is 11.2. The maximum atomic E-state index is 12.0. The highest BCUT2D eigenvalue weighted by Crippen LogP contribution is 2.31. The van der Waals surface area contributed by atoms with Crippen LogP contribution in [0, 0.1) is 5.92 Å². The number of halogens is 1. The zero-order valence-electron chi connectivity index (χ0n) is 10.4. The number of para-hydroxylation sites is 1. The molecular formula is C14H15ClN2O2. The summed E-state index contributed by atoms with van der Waals surface area (Å²) >= 11 is 6.10. The molecule has 0 unspecified atom stereocenters. The molecule has 2 fully saturated rings. The van der Waals surface area contributed by atoms with Gasteiger partial charge in [0.15, 0.2) is 0 Å². The summed E-state index contributed by atoms with van der Waals surface area (Å²) in [7, 11) is 0. The molecule has 0 aromatic heterocycles. The molecule has 1 aliphatic heterocycles. The molecule has 5 heteroatoms. The Kier molecular flexibility index (Phi) is 3.19. The molecule has 1 saturated carbocycles. The van der Waals surface area contributed by atoms with Gasteiger partial charge < -0.3 is 10.2 Å². The minimum Gasteiger partial charge on any atom is -0.353 e. The molecule has 0 spiro atoms. The van der Waals surface area contributed by atoms with Gasteiger partial charge in [-0.1, -0.05) is 23.7 Å². The summed E-state index contributed by atoms with van der Waals surface area (Å²) in [4.78, 5) is 25.6. The van der Waals surface area contributed by atoms with Gasteiger partial charge in [0.2, 0.25) is 11.8 Å². The first-order valence-electron chi connectivity index (χ1n) is 6.50. The summed E-state index contributed by atoms with van der Waals surface area (Å²) in [5, 5.41) is 3.49. The third-order valence-electron chi connectivity index (χ3n) is 3.56. The number of anilines is 1. The average Bonchev–Trinajstić information content (AvgIpc) is 3.11. The van der Waals surface area contributed by atoms with E-state index in [1.54, 1.807) is 17.0 Å². The molecule has 1 heterocycles. The number of benzene rings is 1. The van der Waals surface area contributed by atoms with Gasteiger partial charge in [-0.05, 0) is 25.0 Å². The van der Waals surface area contributed by atoms with Gasteiger partial charge in [0.25, 0.3) is 0 Å². The van der Waals surface area contributed by atoms with Crippen LogP contribution in [0.5, 0.6) is 0 Å². The van der Waals surface area contributed by atoms with E-state index >= 15 is 0 Å². The second-order valence-electron chi connectivity index (χ2n) is 5.14. The number of hydrogen-bond donors (Lipinski definition) is 1. The number of nitrogens with zero attached hydrogens (tertiary/aromatic N) is 1. The monoisotopic (exact) mass is 278 g/mol. The summed E-state index contributed by atoms with van der Waals surface area (Å²) in [6.07, 6.45) is 2.38. The fourth-order valence-corrected chi connectivity index (χ4v) is 2.57. The van der Waals surface area contributed by atoms with E-state index in [0.717, 1.165) is 12.8 Å². The average molecular weight is 279 g/mol. The van der Waals surface area contributed by atoms with E-state index in [4.69, 9.17) is 11.6 Å². The smallest absolute Gasteiger partial charge is 0.227 e. The van der Waals surface area contributed by atoms with Crippen molar-refractivity contribution in [3.8, 4) is 0 Å². The topological polar surface area (TPSA) is 49.4 Å². The number of nitrogens with one attached hydrogen (secondary N) is 1. The summed E-state index contributed by atoms with van der Waals surface area (Å²) in [6, 6.07) is 7.55. The van der Waals surface area contributed by atoms with Gasteiger partial charge >= 0.3 is 0 Å². The van der Waals surface area contributed by atoms with Crippen molar-refractivity contribution in [2.45, 2.75) is 25.3 Å². The van der Waals surface area contributed by atoms with E-state index in [1.165, 1.54) is 0 Å². The van der Waals surface area contributed by atoms with Crippen LogP contribution < -0.4 is 10.2 Å². The first-order chi connectivity index (χ1) is 9.15. The van der Waals surface area contributed by atoms with E-state index < -0.39 is 0 Å². The van der Waals surface area contributed by atoms with Crippen LogP contribution in [-0.2, 0) is 9.59 Å². The van der Waals surface area contributed by atoms with Crippen molar-refractivity contribution in [2.24, 2.45) is 5.92 Å². The van der Waals surface area contributed by atoms with Crippen LogP contribution in [0.1, 0.15) is 19.3 Å². The Labute approximate surface area is 116 Å². The summed E-state index contributed by atoms with van der Waals surface area (Å²) in [6.45, 7) is 0.418. The van der Waals surface area contributed by atoms with Crippen molar-refractivity contribution in [3.05, 3.63) is 29.3 Å². The summed E-state index contributed by atoms with van der Waals surface area (Å²) in [5.41, 5.74) is 0.691. The highest BCUT2D eigenvalue weighted by atomic mass is 35.5. The highest BCUT2D eigenvalue weighted by molar-refractivity contribution is 6.33. The van der Waals surface area contributed by atoms with E-state index in [-0.39, 0.29) is 24.2 Å². The Hall–Kier alpha value is -1.55. The quantitative estimate of drug-likeness (QED) is 0.919. The number of carbonyl (C=O) groups excluding carboxylic acids is 2. The molecule has 1 N–H and O–H groups in total. The molecule has 3 rings (SSSR count). The van der Waals surface area contributed by atoms with Crippen LogP contribution in [0.3, 0.4) is 0 Å². The van der Waals surface area contributed by atoms with Gasteiger partial charge in [-0.3, -0.25) is 9.59 Å². The lowest BCUT2D eigenvalue weighted by Crippen LogP contribution is -2.34. The lowest BCUT2D eigenvalue weighted by atomic mass is 10.1. The van der Waals surface area contributed by atoms with E-state index in [0.29, 0.717) is 23.3 Å². The van der Waals surface area contributed by atoms with Crippen LogP contribution in [0.25, 0.3) is 0 Å². The van der Waals surface area contributed by atoms with Crippen LogP contribution in [-0.4, -0.2) is 24.4 Å². The third kappa shape index (κ3) is 2.59. The normalized spacial score (nSPS) is 22.7. The van der Waals surface area contributed by atoms with Gasteiger partial charge in [0.05, 0.1) is 16.6 Å². The number of carbonyl (C=O) groups is 2. The molecule has 1 saturated heterocycles. The highest BCUT2D eigenvalue weighted by Gasteiger charge is 2.37. The molecule has 0 radical (unpaired) electrons. The molecule has 2 aliphatic rings. The van der Waals surface area contributed by atoms with Crippen molar-refractivity contribution < 1.29 is 9.59 Å².